The Morgan fingerprint density at radius 1 is 1.41 bits per heavy atom. The molecule has 7 nitrogen and oxygen atoms in total. The molecule has 1 heterocycles. The van der Waals surface area contributed by atoms with Gasteiger partial charge >= 0.3 is 0 Å². The Labute approximate surface area is 149 Å². The monoisotopic (exact) mass is 444 g/mol. The highest BCUT2D eigenvalue weighted by Gasteiger charge is 2.28. The first-order valence-electron chi connectivity index (χ1n) is 6.79. The zero-order chi connectivity index (χ0) is 16.0. The van der Waals surface area contributed by atoms with Crippen molar-refractivity contribution in [2.75, 3.05) is 38.7 Å². The van der Waals surface area contributed by atoms with E-state index >= 15 is 0 Å². The Kier molecular flexibility index (Phi) is 8.98. The van der Waals surface area contributed by atoms with Crippen LogP contribution in [0.4, 0.5) is 0 Å². The molecule has 22 heavy (non-hydrogen) atoms. The summed E-state index contributed by atoms with van der Waals surface area (Å²) in [5, 5.41) is 6.11. The van der Waals surface area contributed by atoms with Gasteiger partial charge in [0.1, 0.15) is 6.54 Å². The van der Waals surface area contributed by atoms with Crippen LogP contribution in [0.25, 0.3) is 0 Å². The van der Waals surface area contributed by atoms with Crippen molar-refractivity contribution in [1.82, 2.24) is 15.5 Å². The molecule has 0 aromatic heterocycles. The highest BCUT2D eigenvalue weighted by molar-refractivity contribution is 14.0. The fourth-order valence-corrected chi connectivity index (χ4v) is 3.45. The van der Waals surface area contributed by atoms with Gasteiger partial charge in [0.15, 0.2) is 15.8 Å². The van der Waals surface area contributed by atoms with Gasteiger partial charge in [0, 0.05) is 26.7 Å². The molecule has 0 spiro atoms. The first-order valence-corrected chi connectivity index (χ1v) is 8.61. The quantitative estimate of drug-likeness (QED) is 0.270. The van der Waals surface area contributed by atoms with Crippen LogP contribution in [0.5, 0.6) is 0 Å². The minimum atomic E-state index is -2.96. The fourth-order valence-electron chi connectivity index (χ4n) is 1.78. The molecule has 0 bridgehead atoms. The first-order chi connectivity index (χ1) is 9.69. The largest absolute Gasteiger partial charge is 0.353 e. The molecule has 0 radical (unpaired) electrons. The molecule has 0 aromatic rings. The molecule has 1 amide bonds. The number of nitrogens with zero attached hydrogens (tertiary/aromatic N) is 2. The van der Waals surface area contributed by atoms with Gasteiger partial charge in [-0.15, -0.1) is 24.0 Å². The van der Waals surface area contributed by atoms with Crippen molar-refractivity contribution >= 4 is 45.7 Å². The summed E-state index contributed by atoms with van der Waals surface area (Å²) in [5.41, 5.74) is 0.919. The van der Waals surface area contributed by atoms with E-state index in [9.17, 15) is 13.2 Å². The average molecular weight is 444 g/mol. The van der Waals surface area contributed by atoms with Crippen LogP contribution in [-0.2, 0) is 14.6 Å². The third kappa shape index (κ3) is 7.97. The topological polar surface area (TPSA) is 90.9 Å². The van der Waals surface area contributed by atoms with E-state index in [1.54, 1.807) is 14.1 Å². The van der Waals surface area contributed by atoms with E-state index < -0.39 is 9.84 Å². The van der Waals surface area contributed by atoms with Crippen LogP contribution < -0.4 is 10.6 Å². The Hall–Kier alpha value is -0.840. The third-order valence-corrected chi connectivity index (χ3v) is 4.77. The molecular formula is C13H25IN4O3S. The number of guanidine groups is 1. The zero-order valence-electron chi connectivity index (χ0n) is 13.3. The summed E-state index contributed by atoms with van der Waals surface area (Å²) in [4.78, 5) is 17.2. The smallest absolute Gasteiger partial charge is 0.243 e. The predicted octanol–water partition coefficient (Wildman–Crippen LogP) is -0.00900. The molecule has 1 atom stereocenters. The lowest BCUT2D eigenvalue weighted by Gasteiger charge is -2.17. The van der Waals surface area contributed by atoms with Crippen molar-refractivity contribution in [2.24, 2.45) is 4.99 Å². The Morgan fingerprint density at radius 3 is 2.50 bits per heavy atom. The standard InChI is InChI=1S/C13H24N4O3S.HI/c1-10(2)7-14-13(15-8-12(18)17(3)4)16-11-5-6-21(19,20)9-11;/h11H,1,5-9H2,2-4H3,(H2,14,15,16);1H. The van der Waals surface area contributed by atoms with Crippen LogP contribution in [0, 0.1) is 0 Å². The van der Waals surface area contributed by atoms with Crippen LogP contribution in [0.15, 0.2) is 17.1 Å². The zero-order valence-corrected chi connectivity index (χ0v) is 16.4. The van der Waals surface area contributed by atoms with E-state index in [2.05, 4.69) is 22.2 Å². The van der Waals surface area contributed by atoms with Crippen molar-refractivity contribution < 1.29 is 13.2 Å². The van der Waals surface area contributed by atoms with E-state index in [4.69, 9.17) is 0 Å². The molecule has 0 aliphatic carbocycles. The molecule has 1 aliphatic rings. The first kappa shape index (κ1) is 21.2. The Morgan fingerprint density at radius 2 is 2.05 bits per heavy atom. The molecule has 1 unspecified atom stereocenters. The van der Waals surface area contributed by atoms with Crippen molar-refractivity contribution in [3.63, 3.8) is 0 Å². The number of halogens is 1. The van der Waals surface area contributed by atoms with Gasteiger partial charge in [-0.2, -0.15) is 0 Å². The number of rotatable bonds is 5. The number of carbonyl (C=O) groups excluding carboxylic acids is 1. The maximum Gasteiger partial charge on any atom is 0.243 e. The average Bonchev–Trinajstić information content (AvgIpc) is 2.71. The van der Waals surface area contributed by atoms with Gasteiger partial charge in [0.2, 0.25) is 5.91 Å². The highest BCUT2D eigenvalue weighted by Crippen LogP contribution is 2.10. The van der Waals surface area contributed by atoms with Crippen LogP contribution in [0.2, 0.25) is 0 Å². The number of nitrogens with one attached hydrogen (secondary N) is 2. The normalized spacial score (nSPS) is 20.0. The predicted molar refractivity (Wildman–Crippen MR) is 99.4 cm³/mol. The van der Waals surface area contributed by atoms with Gasteiger partial charge in [-0.05, 0) is 13.3 Å². The second-order valence-corrected chi connectivity index (χ2v) is 7.74. The molecular weight excluding hydrogens is 419 g/mol. The molecule has 1 rings (SSSR count). The molecule has 2 N–H and O–H groups in total. The number of sulfone groups is 1. The highest BCUT2D eigenvalue weighted by atomic mass is 127. The second-order valence-electron chi connectivity index (χ2n) is 5.51. The molecule has 0 aromatic carbocycles. The van der Waals surface area contributed by atoms with E-state index in [1.165, 1.54) is 4.90 Å². The molecule has 0 saturated carbocycles. The maximum absolute atomic E-state index is 11.6. The van der Waals surface area contributed by atoms with Gasteiger partial charge in [-0.25, -0.2) is 13.4 Å². The van der Waals surface area contributed by atoms with Crippen molar-refractivity contribution in [2.45, 2.75) is 19.4 Å². The number of hydrogen-bond donors (Lipinski definition) is 2. The minimum Gasteiger partial charge on any atom is -0.353 e. The fraction of sp³-hybridized carbons (Fsp3) is 0.692. The van der Waals surface area contributed by atoms with Gasteiger partial charge in [-0.3, -0.25) is 4.79 Å². The third-order valence-electron chi connectivity index (χ3n) is 3.00. The van der Waals surface area contributed by atoms with Crippen LogP contribution in [0.3, 0.4) is 0 Å². The summed E-state index contributed by atoms with van der Waals surface area (Å²) in [5.74, 6) is 0.609. The van der Waals surface area contributed by atoms with Crippen molar-refractivity contribution in [1.29, 1.82) is 0 Å². The van der Waals surface area contributed by atoms with E-state index in [1.807, 2.05) is 6.92 Å². The molecule has 1 fully saturated rings. The number of hydrogen-bond acceptors (Lipinski definition) is 4. The Bertz CT molecular complexity index is 531. The number of aliphatic imine (C=N–C) groups is 1. The summed E-state index contributed by atoms with van der Waals surface area (Å²) < 4.78 is 22.9. The molecule has 1 saturated heterocycles. The van der Waals surface area contributed by atoms with E-state index in [-0.39, 0.29) is 54.0 Å². The minimum absolute atomic E-state index is 0. The second kappa shape index (κ2) is 9.33. The lowest BCUT2D eigenvalue weighted by molar-refractivity contribution is -0.127. The molecule has 9 heteroatoms. The SMILES string of the molecule is C=C(C)CNC(=NCC(=O)N(C)C)NC1CCS(=O)(=O)C1.I. The molecule has 128 valence electrons. The summed E-state index contributed by atoms with van der Waals surface area (Å²) in [6.45, 7) is 6.19. The van der Waals surface area contributed by atoms with E-state index in [0.717, 1.165) is 5.57 Å². The van der Waals surface area contributed by atoms with Gasteiger partial charge in [-0.1, -0.05) is 12.2 Å². The lowest BCUT2D eigenvalue weighted by atomic mass is 10.3. The summed E-state index contributed by atoms with van der Waals surface area (Å²) in [6.07, 6.45) is 0.553. The summed E-state index contributed by atoms with van der Waals surface area (Å²) in [7, 11) is 0.370. The Balaban J connectivity index is 0.00000441. The number of likely N-dealkylation sites (N-methyl/N-ethyl adjacent to an activating group) is 1. The van der Waals surface area contributed by atoms with Crippen LogP contribution in [-0.4, -0.2) is 69.9 Å². The van der Waals surface area contributed by atoms with Gasteiger partial charge in [0.05, 0.1) is 11.5 Å². The van der Waals surface area contributed by atoms with Gasteiger partial charge in [0.25, 0.3) is 0 Å². The van der Waals surface area contributed by atoms with Crippen molar-refractivity contribution in [3.05, 3.63) is 12.2 Å². The summed E-state index contributed by atoms with van der Waals surface area (Å²) >= 11 is 0. The van der Waals surface area contributed by atoms with Crippen LogP contribution >= 0.6 is 24.0 Å². The van der Waals surface area contributed by atoms with Gasteiger partial charge < -0.3 is 15.5 Å². The number of carbonyl (C=O) groups is 1. The van der Waals surface area contributed by atoms with E-state index in [0.29, 0.717) is 18.9 Å². The maximum atomic E-state index is 11.6. The lowest BCUT2D eigenvalue weighted by Crippen LogP contribution is -2.45. The van der Waals surface area contributed by atoms with Crippen LogP contribution in [0.1, 0.15) is 13.3 Å². The van der Waals surface area contributed by atoms with Crippen molar-refractivity contribution in [3.8, 4) is 0 Å². The summed E-state index contributed by atoms with van der Waals surface area (Å²) in [6, 6.07) is -0.166. The molecule has 1 aliphatic heterocycles. The number of amides is 1.